The molecule has 1 heterocycles. The molecule has 1 saturated heterocycles. The van der Waals surface area contributed by atoms with Crippen molar-refractivity contribution in [2.75, 3.05) is 20.3 Å². The minimum atomic E-state index is -0.943. The largest absolute Gasteiger partial charge is 0.479 e. The van der Waals surface area contributed by atoms with Crippen LogP contribution in [0.15, 0.2) is 30.3 Å². The molecule has 0 amide bonds. The summed E-state index contributed by atoms with van der Waals surface area (Å²) in [5.41, 5.74) is 1.08. The predicted molar refractivity (Wildman–Crippen MR) is 67.8 cm³/mol. The molecule has 1 aliphatic heterocycles. The van der Waals surface area contributed by atoms with Gasteiger partial charge in [-0.15, -0.1) is 0 Å². The van der Waals surface area contributed by atoms with Gasteiger partial charge in [0.05, 0.1) is 25.9 Å². The molecular formula is C14H18O5. The monoisotopic (exact) mass is 266 g/mol. The van der Waals surface area contributed by atoms with E-state index in [9.17, 15) is 4.79 Å². The van der Waals surface area contributed by atoms with E-state index in [1.165, 1.54) is 0 Å². The number of rotatable bonds is 7. The molecule has 1 aliphatic rings. The number of hydrogen-bond acceptors (Lipinski definition) is 4. The molecule has 2 rings (SSSR count). The second kappa shape index (κ2) is 6.65. The van der Waals surface area contributed by atoms with E-state index >= 15 is 0 Å². The summed E-state index contributed by atoms with van der Waals surface area (Å²) in [6, 6.07) is 9.81. The minimum absolute atomic E-state index is 0.140. The summed E-state index contributed by atoms with van der Waals surface area (Å²) in [4.78, 5) is 10.9. The lowest BCUT2D eigenvalue weighted by molar-refractivity contribution is -0.227. The van der Waals surface area contributed by atoms with Crippen LogP contribution in [0.3, 0.4) is 0 Å². The Hall–Kier alpha value is -1.43. The molecular weight excluding hydrogens is 248 g/mol. The second-order valence-corrected chi connectivity index (χ2v) is 4.55. The normalized spacial score (nSPS) is 25.8. The van der Waals surface area contributed by atoms with Crippen LogP contribution in [0.5, 0.6) is 0 Å². The maximum atomic E-state index is 10.9. The highest BCUT2D eigenvalue weighted by molar-refractivity contribution is 5.73. The van der Waals surface area contributed by atoms with Crippen molar-refractivity contribution in [1.82, 2.24) is 0 Å². The lowest BCUT2D eigenvalue weighted by Crippen LogP contribution is -2.56. The lowest BCUT2D eigenvalue weighted by Gasteiger charge is -2.41. The van der Waals surface area contributed by atoms with Crippen molar-refractivity contribution in [3.05, 3.63) is 35.9 Å². The fourth-order valence-corrected chi connectivity index (χ4v) is 2.15. The van der Waals surface area contributed by atoms with Crippen LogP contribution in [-0.4, -0.2) is 43.6 Å². The summed E-state index contributed by atoms with van der Waals surface area (Å²) >= 11 is 0. The number of ether oxygens (including phenoxy) is 3. The van der Waals surface area contributed by atoms with Gasteiger partial charge in [0.15, 0.2) is 6.10 Å². The Morgan fingerprint density at radius 3 is 2.68 bits per heavy atom. The highest BCUT2D eigenvalue weighted by Gasteiger charge is 2.46. The summed E-state index contributed by atoms with van der Waals surface area (Å²) in [5.74, 6) is -1.08. The van der Waals surface area contributed by atoms with Gasteiger partial charge in [-0.1, -0.05) is 30.3 Å². The van der Waals surface area contributed by atoms with E-state index in [0.717, 1.165) is 5.56 Å². The third-order valence-electron chi connectivity index (χ3n) is 3.18. The average Bonchev–Trinajstić information content (AvgIpc) is 2.40. The Morgan fingerprint density at radius 2 is 2.05 bits per heavy atom. The van der Waals surface area contributed by atoms with Gasteiger partial charge in [0, 0.05) is 13.0 Å². The van der Waals surface area contributed by atoms with Crippen LogP contribution >= 0.6 is 0 Å². The zero-order valence-corrected chi connectivity index (χ0v) is 10.8. The zero-order chi connectivity index (χ0) is 13.7. The highest BCUT2D eigenvalue weighted by Crippen LogP contribution is 2.29. The SMILES string of the molecule is COC[C@@H]1[C@@H](COCc2ccccc2)O[C@H]1C(=O)O. The molecule has 0 radical (unpaired) electrons. The molecule has 5 heteroatoms. The van der Waals surface area contributed by atoms with Crippen LogP contribution in [0.2, 0.25) is 0 Å². The van der Waals surface area contributed by atoms with Crippen molar-refractivity contribution in [2.24, 2.45) is 5.92 Å². The number of carboxylic acids is 1. The first-order valence-electron chi connectivity index (χ1n) is 6.21. The molecule has 3 atom stereocenters. The van der Waals surface area contributed by atoms with Crippen LogP contribution in [0.25, 0.3) is 0 Å². The lowest BCUT2D eigenvalue weighted by atomic mass is 9.90. The summed E-state index contributed by atoms with van der Waals surface area (Å²) < 4.78 is 15.9. The molecule has 1 fully saturated rings. The highest BCUT2D eigenvalue weighted by atomic mass is 16.6. The van der Waals surface area contributed by atoms with E-state index in [0.29, 0.717) is 19.8 Å². The van der Waals surface area contributed by atoms with Gasteiger partial charge in [-0.05, 0) is 5.56 Å². The quantitative estimate of drug-likeness (QED) is 0.806. The molecule has 0 aromatic heterocycles. The van der Waals surface area contributed by atoms with Gasteiger partial charge in [0.1, 0.15) is 0 Å². The number of hydrogen-bond donors (Lipinski definition) is 1. The van der Waals surface area contributed by atoms with Crippen molar-refractivity contribution in [3.63, 3.8) is 0 Å². The number of aliphatic carboxylic acids is 1. The summed E-state index contributed by atoms with van der Waals surface area (Å²) in [7, 11) is 1.55. The number of benzene rings is 1. The first kappa shape index (κ1) is 14.0. The summed E-state index contributed by atoms with van der Waals surface area (Å²) in [6.45, 7) is 1.25. The van der Waals surface area contributed by atoms with Gasteiger partial charge in [-0.2, -0.15) is 0 Å². The van der Waals surface area contributed by atoms with E-state index in [4.69, 9.17) is 19.3 Å². The number of carbonyl (C=O) groups is 1. The Kier molecular flexibility index (Phi) is 4.90. The number of carboxylic acid groups (broad SMARTS) is 1. The van der Waals surface area contributed by atoms with E-state index in [1.807, 2.05) is 30.3 Å². The van der Waals surface area contributed by atoms with Crippen LogP contribution < -0.4 is 0 Å². The van der Waals surface area contributed by atoms with Crippen molar-refractivity contribution in [3.8, 4) is 0 Å². The van der Waals surface area contributed by atoms with Crippen molar-refractivity contribution in [1.29, 1.82) is 0 Å². The van der Waals surface area contributed by atoms with Gasteiger partial charge in [-0.3, -0.25) is 0 Å². The fraction of sp³-hybridized carbons (Fsp3) is 0.500. The van der Waals surface area contributed by atoms with Crippen molar-refractivity contribution >= 4 is 5.97 Å². The molecule has 0 bridgehead atoms. The Balaban J connectivity index is 1.75. The third-order valence-corrected chi connectivity index (χ3v) is 3.18. The van der Waals surface area contributed by atoms with Gasteiger partial charge >= 0.3 is 5.97 Å². The van der Waals surface area contributed by atoms with Crippen LogP contribution in [0, 0.1) is 5.92 Å². The van der Waals surface area contributed by atoms with E-state index in [1.54, 1.807) is 7.11 Å². The third kappa shape index (κ3) is 3.53. The maximum absolute atomic E-state index is 10.9. The van der Waals surface area contributed by atoms with Crippen molar-refractivity contribution in [2.45, 2.75) is 18.8 Å². The van der Waals surface area contributed by atoms with Crippen molar-refractivity contribution < 1.29 is 24.1 Å². The summed E-state index contributed by atoms with van der Waals surface area (Å²) in [6.07, 6.45) is -0.977. The van der Waals surface area contributed by atoms with Gasteiger partial charge in [0.25, 0.3) is 0 Å². The van der Waals surface area contributed by atoms with Crippen LogP contribution in [-0.2, 0) is 25.6 Å². The standard InChI is InChI=1S/C14H18O5/c1-17-8-11-12(19-13(11)14(15)16)9-18-7-10-5-3-2-4-6-10/h2-6,11-13H,7-9H2,1H3,(H,15,16)/t11-,12-,13-/m1/s1. The molecule has 1 aromatic carbocycles. The molecule has 0 spiro atoms. The molecule has 19 heavy (non-hydrogen) atoms. The molecule has 1 N–H and O–H groups in total. The molecule has 5 nitrogen and oxygen atoms in total. The van der Waals surface area contributed by atoms with E-state index in [-0.39, 0.29) is 12.0 Å². The fourth-order valence-electron chi connectivity index (χ4n) is 2.15. The first-order chi connectivity index (χ1) is 9.22. The maximum Gasteiger partial charge on any atom is 0.333 e. The Labute approximate surface area is 112 Å². The van der Waals surface area contributed by atoms with Crippen LogP contribution in [0.1, 0.15) is 5.56 Å². The smallest absolute Gasteiger partial charge is 0.333 e. The topological polar surface area (TPSA) is 65.0 Å². The minimum Gasteiger partial charge on any atom is -0.479 e. The number of methoxy groups -OCH3 is 1. The Bertz CT molecular complexity index is 406. The molecule has 0 saturated carbocycles. The average molecular weight is 266 g/mol. The summed E-state index contributed by atoms with van der Waals surface area (Å²) in [5, 5.41) is 8.93. The molecule has 0 aliphatic carbocycles. The van der Waals surface area contributed by atoms with Gasteiger partial charge < -0.3 is 19.3 Å². The van der Waals surface area contributed by atoms with Crippen LogP contribution in [0.4, 0.5) is 0 Å². The van der Waals surface area contributed by atoms with Gasteiger partial charge in [-0.25, -0.2) is 4.79 Å². The molecule has 0 unspecified atom stereocenters. The first-order valence-corrected chi connectivity index (χ1v) is 6.21. The molecule has 1 aromatic rings. The van der Waals surface area contributed by atoms with E-state index < -0.39 is 12.1 Å². The second-order valence-electron chi connectivity index (χ2n) is 4.55. The zero-order valence-electron chi connectivity index (χ0n) is 10.8. The Morgan fingerprint density at radius 1 is 1.32 bits per heavy atom. The predicted octanol–water partition coefficient (Wildman–Crippen LogP) is 1.32. The molecule has 104 valence electrons. The van der Waals surface area contributed by atoms with Gasteiger partial charge in [0.2, 0.25) is 0 Å². The van der Waals surface area contributed by atoms with E-state index in [2.05, 4.69) is 0 Å².